The second-order valence-electron chi connectivity index (χ2n) is 4.49. The molecule has 0 heterocycles. The molecule has 1 fully saturated rings. The molecule has 3 rings (SSSR count). The summed E-state index contributed by atoms with van der Waals surface area (Å²) < 4.78 is 0. The zero-order valence-electron chi connectivity index (χ0n) is 8.65. The largest absolute Gasteiger partial charge is 0.299 e. The molecule has 0 N–H and O–H groups in total. The maximum Gasteiger partial charge on any atom is 0.143 e. The molecule has 1 aromatic carbocycles. The molecule has 2 bridgehead atoms. The van der Waals surface area contributed by atoms with Crippen molar-refractivity contribution >= 4 is 11.4 Å². The van der Waals surface area contributed by atoms with Crippen LogP contribution in [-0.4, -0.2) is 5.78 Å². The van der Waals surface area contributed by atoms with Crippen molar-refractivity contribution in [3.05, 3.63) is 42.0 Å². The van der Waals surface area contributed by atoms with Crippen LogP contribution in [0.15, 0.2) is 36.4 Å². The fourth-order valence-electron chi connectivity index (χ4n) is 2.84. The summed E-state index contributed by atoms with van der Waals surface area (Å²) in [5.41, 5.74) is 2.51. The van der Waals surface area contributed by atoms with Crippen molar-refractivity contribution in [2.24, 2.45) is 11.8 Å². The predicted octanol–water partition coefficient (Wildman–Crippen LogP) is 3.07. The summed E-state index contributed by atoms with van der Waals surface area (Å²) >= 11 is 0. The standard InChI is InChI=1S/C14H14O/c15-14-11-6-8-12(13(14)9-7-11)10-4-2-1-3-5-10/h1-5,8,11,13H,6-7,9H2/t11-,13-/m1/s1. The third-order valence-corrected chi connectivity index (χ3v) is 3.65. The fourth-order valence-corrected chi connectivity index (χ4v) is 2.84. The minimum absolute atomic E-state index is 0.200. The zero-order chi connectivity index (χ0) is 10.3. The maximum absolute atomic E-state index is 11.9. The first-order valence-electron chi connectivity index (χ1n) is 5.65. The topological polar surface area (TPSA) is 17.1 Å². The van der Waals surface area contributed by atoms with Crippen LogP contribution in [0.3, 0.4) is 0 Å². The lowest BCUT2D eigenvalue weighted by Gasteiger charge is -2.19. The molecule has 0 aromatic heterocycles. The van der Waals surface area contributed by atoms with Crippen LogP contribution in [0.25, 0.3) is 5.57 Å². The Balaban J connectivity index is 2.01. The molecule has 0 radical (unpaired) electrons. The number of rotatable bonds is 1. The lowest BCUT2D eigenvalue weighted by Crippen LogP contribution is -2.19. The summed E-state index contributed by atoms with van der Waals surface area (Å²) in [6, 6.07) is 10.3. The van der Waals surface area contributed by atoms with Gasteiger partial charge in [0.2, 0.25) is 0 Å². The van der Waals surface area contributed by atoms with Gasteiger partial charge in [0.1, 0.15) is 5.78 Å². The third-order valence-electron chi connectivity index (χ3n) is 3.65. The molecule has 1 nitrogen and oxygen atoms in total. The number of hydrogen-bond donors (Lipinski definition) is 0. The van der Waals surface area contributed by atoms with Crippen molar-refractivity contribution in [1.82, 2.24) is 0 Å². The highest BCUT2D eigenvalue weighted by molar-refractivity contribution is 5.98. The van der Waals surface area contributed by atoms with E-state index < -0.39 is 0 Å². The van der Waals surface area contributed by atoms with Crippen molar-refractivity contribution in [3.63, 3.8) is 0 Å². The van der Waals surface area contributed by atoms with E-state index in [1.54, 1.807) is 0 Å². The van der Waals surface area contributed by atoms with Crippen LogP contribution in [0.2, 0.25) is 0 Å². The molecule has 0 spiro atoms. The van der Waals surface area contributed by atoms with E-state index >= 15 is 0 Å². The van der Waals surface area contributed by atoms with Gasteiger partial charge in [0.25, 0.3) is 0 Å². The number of fused-ring (bicyclic) bond motifs is 2. The molecule has 2 atom stereocenters. The van der Waals surface area contributed by atoms with Gasteiger partial charge in [-0.3, -0.25) is 4.79 Å². The van der Waals surface area contributed by atoms with E-state index in [2.05, 4.69) is 18.2 Å². The van der Waals surface area contributed by atoms with E-state index in [9.17, 15) is 4.79 Å². The first kappa shape index (κ1) is 8.90. The van der Waals surface area contributed by atoms with Crippen LogP contribution in [0.4, 0.5) is 0 Å². The molecular formula is C14H14O. The third kappa shape index (κ3) is 1.34. The van der Waals surface area contributed by atoms with Gasteiger partial charge < -0.3 is 0 Å². The number of carbonyl (C=O) groups is 1. The highest BCUT2D eigenvalue weighted by Crippen LogP contribution is 2.43. The number of Topliss-reactive ketones (excluding diaryl/α,β-unsaturated/α-hetero) is 1. The Labute approximate surface area is 89.8 Å². The van der Waals surface area contributed by atoms with Crippen LogP contribution in [0.5, 0.6) is 0 Å². The molecule has 76 valence electrons. The van der Waals surface area contributed by atoms with Gasteiger partial charge in [-0.1, -0.05) is 36.4 Å². The Morgan fingerprint density at radius 2 is 1.87 bits per heavy atom. The highest BCUT2D eigenvalue weighted by Gasteiger charge is 2.38. The Bertz CT molecular complexity index is 416. The van der Waals surface area contributed by atoms with Crippen LogP contribution in [0.1, 0.15) is 24.8 Å². The molecule has 0 saturated heterocycles. The van der Waals surface area contributed by atoms with Gasteiger partial charge >= 0.3 is 0 Å². The van der Waals surface area contributed by atoms with Crippen molar-refractivity contribution in [1.29, 1.82) is 0 Å². The van der Waals surface area contributed by atoms with Crippen LogP contribution in [-0.2, 0) is 4.79 Å². The lowest BCUT2D eigenvalue weighted by atomic mass is 9.84. The molecule has 1 aromatic rings. The van der Waals surface area contributed by atoms with Crippen molar-refractivity contribution in [3.8, 4) is 0 Å². The first-order chi connectivity index (χ1) is 7.36. The van der Waals surface area contributed by atoms with Crippen LogP contribution < -0.4 is 0 Å². The maximum atomic E-state index is 11.9. The number of ketones is 1. The molecule has 1 heteroatoms. The fraction of sp³-hybridized carbons (Fsp3) is 0.357. The normalized spacial score (nSPS) is 29.1. The number of carbonyl (C=O) groups excluding carboxylic acids is 1. The molecule has 2 aliphatic carbocycles. The molecule has 15 heavy (non-hydrogen) atoms. The Hall–Kier alpha value is -1.37. The Morgan fingerprint density at radius 1 is 1.07 bits per heavy atom. The van der Waals surface area contributed by atoms with Gasteiger partial charge in [0.15, 0.2) is 0 Å². The zero-order valence-corrected chi connectivity index (χ0v) is 8.65. The number of allylic oxidation sites excluding steroid dienone is 2. The highest BCUT2D eigenvalue weighted by atomic mass is 16.1. The molecule has 2 aliphatic rings. The van der Waals surface area contributed by atoms with Gasteiger partial charge in [0, 0.05) is 11.8 Å². The van der Waals surface area contributed by atoms with Gasteiger partial charge in [-0.15, -0.1) is 0 Å². The Morgan fingerprint density at radius 3 is 2.67 bits per heavy atom. The van der Waals surface area contributed by atoms with Gasteiger partial charge in [0.05, 0.1) is 0 Å². The van der Waals surface area contributed by atoms with E-state index in [4.69, 9.17) is 0 Å². The van der Waals surface area contributed by atoms with E-state index in [1.807, 2.05) is 18.2 Å². The van der Waals surface area contributed by atoms with Gasteiger partial charge in [-0.2, -0.15) is 0 Å². The molecule has 0 amide bonds. The van der Waals surface area contributed by atoms with Crippen molar-refractivity contribution < 1.29 is 4.79 Å². The number of hydrogen-bond acceptors (Lipinski definition) is 1. The molecular weight excluding hydrogens is 184 g/mol. The smallest absolute Gasteiger partial charge is 0.143 e. The minimum atomic E-state index is 0.200. The van der Waals surface area contributed by atoms with E-state index in [0.29, 0.717) is 11.7 Å². The minimum Gasteiger partial charge on any atom is -0.299 e. The predicted molar refractivity (Wildman–Crippen MR) is 60.3 cm³/mol. The summed E-state index contributed by atoms with van der Waals surface area (Å²) in [7, 11) is 0. The molecule has 1 saturated carbocycles. The second-order valence-corrected chi connectivity index (χ2v) is 4.49. The van der Waals surface area contributed by atoms with E-state index in [0.717, 1.165) is 19.3 Å². The first-order valence-corrected chi connectivity index (χ1v) is 5.65. The van der Waals surface area contributed by atoms with Crippen molar-refractivity contribution in [2.75, 3.05) is 0 Å². The quantitative estimate of drug-likeness (QED) is 0.677. The molecule has 0 aliphatic heterocycles. The Kier molecular flexibility index (Phi) is 1.98. The molecule has 0 unspecified atom stereocenters. The van der Waals surface area contributed by atoms with Crippen LogP contribution >= 0.6 is 0 Å². The monoisotopic (exact) mass is 198 g/mol. The van der Waals surface area contributed by atoms with E-state index in [-0.39, 0.29) is 5.92 Å². The summed E-state index contributed by atoms with van der Waals surface area (Å²) in [4.78, 5) is 11.9. The van der Waals surface area contributed by atoms with Gasteiger partial charge in [-0.25, -0.2) is 0 Å². The van der Waals surface area contributed by atoms with Crippen molar-refractivity contribution in [2.45, 2.75) is 19.3 Å². The summed E-state index contributed by atoms with van der Waals surface area (Å²) in [5.74, 6) is 1.02. The van der Waals surface area contributed by atoms with E-state index in [1.165, 1.54) is 11.1 Å². The lowest BCUT2D eigenvalue weighted by molar-refractivity contribution is -0.122. The van der Waals surface area contributed by atoms with Gasteiger partial charge in [-0.05, 0) is 30.4 Å². The van der Waals surface area contributed by atoms with Crippen LogP contribution in [0, 0.1) is 11.8 Å². The number of benzene rings is 1. The summed E-state index contributed by atoms with van der Waals surface area (Å²) in [5, 5.41) is 0. The average molecular weight is 198 g/mol. The summed E-state index contributed by atoms with van der Waals surface area (Å²) in [6.07, 6.45) is 5.39. The summed E-state index contributed by atoms with van der Waals surface area (Å²) in [6.45, 7) is 0. The average Bonchev–Trinajstić information content (AvgIpc) is 2.54. The second kappa shape index (κ2) is 3.34. The SMILES string of the molecule is O=C1[C@@H]2CC=C(c3ccccc3)[C@H]1CC2.